The Morgan fingerprint density at radius 3 is 2.27 bits per heavy atom. The summed E-state index contributed by atoms with van der Waals surface area (Å²) in [6.45, 7) is 0. The minimum atomic E-state index is -1.15. The Labute approximate surface area is 130 Å². The zero-order chi connectivity index (χ0) is 16.3. The molecule has 2 aromatic carbocycles. The van der Waals surface area contributed by atoms with Crippen LogP contribution in [-0.2, 0) is 0 Å². The molecular weight excluding hydrogens is 306 g/mol. The summed E-state index contributed by atoms with van der Waals surface area (Å²) >= 11 is 1.14. The van der Waals surface area contributed by atoms with Crippen LogP contribution < -0.4 is 10.5 Å². The standard InChI is InChI=1S/C15H13NO5S/c1-21-11-7-13(10(16)6-9(11)15(19)20)22-12-5-3-2-4-8(12)14(17)18/h2-7H,16H2,1H3,(H,17,18)(H,19,20). The van der Waals surface area contributed by atoms with Gasteiger partial charge in [0.2, 0.25) is 0 Å². The van der Waals surface area contributed by atoms with Gasteiger partial charge in [0.15, 0.2) is 0 Å². The molecule has 0 saturated heterocycles. The second kappa shape index (κ2) is 6.40. The first-order valence-corrected chi connectivity index (χ1v) is 6.96. The highest BCUT2D eigenvalue weighted by atomic mass is 32.2. The molecule has 0 saturated carbocycles. The summed E-state index contributed by atoms with van der Waals surface area (Å²) < 4.78 is 5.05. The van der Waals surface area contributed by atoms with E-state index in [1.807, 2.05) is 0 Å². The number of hydrogen-bond donors (Lipinski definition) is 3. The first-order chi connectivity index (χ1) is 10.4. The first-order valence-electron chi connectivity index (χ1n) is 6.15. The van der Waals surface area contributed by atoms with E-state index in [-0.39, 0.29) is 22.6 Å². The highest BCUT2D eigenvalue weighted by Crippen LogP contribution is 2.38. The minimum absolute atomic E-state index is 0.0455. The van der Waals surface area contributed by atoms with Crippen molar-refractivity contribution < 1.29 is 24.5 Å². The highest BCUT2D eigenvalue weighted by molar-refractivity contribution is 7.99. The Balaban J connectivity index is 2.47. The molecule has 7 heteroatoms. The molecule has 0 radical (unpaired) electrons. The zero-order valence-electron chi connectivity index (χ0n) is 11.6. The lowest BCUT2D eigenvalue weighted by molar-refractivity contribution is 0.0682. The smallest absolute Gasteiger partial charge is 0.339 e. The van der Waals surface area contributed by atoms with Crippen molar-refractivity contribution in [1.29, 1.82) is 0 Å². The summed E-state index contributed by atoms with van der Waals surface area (Å²) in [5, 5.41) is 18.3. The quantitative estimate of drug-likeness (QED) is 0.727. The molecule has 0 heterocycles. The molecule has 0 spiro atoms. The van der Waals surface area contributed by atoms with E-state index in [1.165, 1.54) is 25.3 Å². The number of methoxy groups -OCH3 is 1. The van der Waals surface area contributed by atoms with Crippen LogP contribution in [0.5, 0.6) is 5.75 Å². The molecule has 0 aliphatic heterocycles. The minimum Gasteiger partial charge on any atom is -0.496 e. The third kappa shape index (κ3) is 3.15. The summed E-state index contributed by atoms with van der Waals surface area (Å²) in [6, 6.07) is 9.28. The molecule has 2 aromatic rings. The summed E-state index contributed by atoms with van der Waals surface area (Å²) in [7, 11) is 1.36. The average Bonchev–Trinajstić information content (AvgIpc) is 2.49. The lowest BCUT2D eigenvalue weighted by Gasteiger charge is -2.12. The van der Waals surface area contributed by atoms with E-state index in [1.54, 1.807) is 18.2 Å². The van der Waals surface area contributed by atoms with Crippen LogP contribution in [0.15, 0.2) is 46.2 Å². The molecule has 4 N–H and O–H groups in total. The molecule has 2 rings (SSSR count). The number of hydrogen-bond acceptors (Lipinski definition) is 5. The van der Waals surface area contributed by atoms with Crippen molar-refractivity contribution >= 4 is 29.4 Å². The molecule has 0 fully saturated rings. The lowest BCUT2D eigenvalue weighted by atomic mass is 10.2. The summed E-state index contributed by atoms with van der Waals surface area (Å²) in [6.07, 6.45) is 0. The van der Waals surface area contributed by atoms with Crippen molar-refractivity contribution in [1.82, 2.24) is 0 Å². The maximum Gasteiger partial charge on any atom is 0.339 e. The number of nitrogens with two attached hydrogens (primary N) is 1. The zero-order valence-corrected chi connectivity index (χ0v) is 12.4. The second-order valence-corrected chi connectivity index (χ2v) is 5.38. The average molecular weight is 319 g/mol. The van der Waals surface area contributed by atoms with Gasteiger partial charge in [-0.25, -0.2) is 9.59 Å². The van der Waals surface area contributed by atoms with Gasteiger partial charge in [-0.3, -0.25) is 0 Å². The Bertz CT molecular complexity index is 745. The number of anilines is 1. The third-order valence-corrected chi connectivity index (χ3v) is 4.05. The molecule has 0 bridgehead atoms. The van der Waals surface area contributed by atoms with Crippen LogP contribution in [0, 0.1) is 0 Å². The molecule has 0 aliphatic rings. The Morgan fingerprint density at radius 2 is 1.68 bits per heavy atom. The van der Waals surface area contributed by atoms with Crippen LogP contribution in [-0.4, -0.2) is 29.3 Å². The number of nitrogen functional groups attached to an aromatic ring is 1. The van der Waals surface area contributed by atoms with Crippen LogP contribution in [0.4, 0.5) is 5.69 Å². The van der Waals surface area contributed by atoms with E-state index >= 15 is 0 Å². The van der Waals surface area contributed by atoms with Crippen LogP contribution in [0.2, 0.25) is 0 Å². The van der Waals surface area contributed by atoms with E-state index in [0.717, 1.165) is 11.8 Å². The highest BCUT2D eigenvalue weighted by Gasteiger charge is 2.17. The summed E-state index contributed by atoms with van der Waals surface area (Å²) in [5.41, 5.74) is 6.21. The fraction of sp³-hybridized carbons (Fsp3) is 0.0667. The summed E-state index contributed by atoms with van der Waals surface area (Å²) in [4.78, 5) is 23.4. The van der Waals surface area contributed by atoms with Gasteiger partial charge >= 0.3 is 11.9 Å². The molecule has 0 amide bonds. The number of carbonyl (C=O) groups is 2. The van der Waals surface area contributed by atoms with E-state index in [2.05, 4.69) is 0 Å². The first kappa shape index (κ1) is 15.7. The number of benzene rings is 2. The molecule has 114 valence electrons. The van der Waals surface area contributed by atoms with Crippen LogP contribution in [0.3, 0.4) is 0 Å². The largest absolute Gasteiger partial charge is 0.496 e. The van der Waals surface area contributed by atoms with Crippen molar-refractivity contribution in [3.63, 3.8) is 0 Å². The third-order valence-electron chi connectivity index (χ3n) is 2.90. The van der Waals surface area contributed by atoms with Gasteiger partial charge in [-0.05, 0) is 24.3 Å². The van der Waals surface area contributed by atoms with Crippen molar-refractivity contribution in [3.05, 3.63) is 47.5 Å². The fourth-order valence-electron chi connectivity index (χ4n) is 1.85. The molecule has 6 nitrogen and oxygen atoms in total. The summed E-state index contributed by atoms with van der Waals surface area (Å²) in [5.74, 6) is -2.03. The number of carboxylic acid groups (broad SMARTS) is 2. The van der Waals surface area contributed by atoms with Crippen molar-refractivity contribution in [2.75, 3.05) is 12.8 Å². The maximum atomic E-state index is 11.2. The van der Waals surface area contributed by atoms with Crippen LogP contribution >= 0.6 is 11.8 Å². The van der Waals surface area contributed by atoms with Crippen molar-refractivity contribution in [2.24, 2.45) is 0 Å². The van der Waals surface area contributed by atoms with Gasteiger partial charge in [-0.1, -0.05) is 23.9 Å². The second-order valence-electron chi connectivity index (χ2n) is 4.30. The monoisotopic (exact) mass is 319 g/mol. The number of rotatable bonds is 5. The SMILES string of the molecule is COc1cc(Sc2ccccc2C(=O)O)c(N)cc1C(=O)O. The predicted octanol–water partition coefficient (Wildman–Crippen LogP) is 2.83. The lowest BCUT2D eigenvalue weighted by Crippen LogP contribution is -2.03. The van der Waals surface area contributed by atoms with Gasteiger partial charge in [0.05, 0.1) is 12.7 Å². The normalized spacial score (nSPS) is 10.2. The molecule has 0 aromatic heterocycles. The van der Waals surface area contributed by atoms with Crippen LogP contribution in [0.1, 0.15) is 20.7 Å². The number of carboxylic acids is 2. The molecule has 0 unspecified atom stereocenters. The molecular formula is C15H13NO5S. The van der Waals surface area contributed by atoms with Crippen molar-refractivity contribution in [2.45, 2.75) is 9.79 Å². The molecule has 0 aliphatic carbocycles. The van der Waals surface area contributed by atoms with Gasteiger partial charge in [-0.2, -0.15) is 0 Å². The fourth-order valence-corrected chi connectivity index (χ4v) is 2.84. The van der Waals surface area contributed by atoms with Gasteiger partial charge in [0.25, 0.3) is 0 Å². The van der Waals surface area contributed by atoms with E-state index in [0.29, 0.717) is 9.79 Å². The Kier molecular flexibility index (Phi) is 4.57. The van der Waals surface area contributed by atoms with Gasteiger partial charge < -0.3 is 20.7 Å². The maximum absolute atomic E-state index is 11.2. The Morgan fingerprint density at radius 1 is 1.05 bits per heavy atom. The molecule has 0 atom stereocenters. The van der Waals surface area contributed by atoms with E-state index < -0.39 is 11.9 Å². The van der Waals surface area contributed by atoms with Crippen molar-refractivity contribution in [3.8, 4) is 5.75 Å². The van der Waals surface area contributed by atoms with Gasteiger partial charge in [-0.15, -0.1) is 0 Å². The van der Waals surface area contributed by atoms with Gasteiger partial charge in [0, 0.05) is 15.5 Å². The van der Waals surface area contributed by atoms with Crippen LogP contribution in [0.25, 0.3) is 0 Å². The number of aromatic carboxylic acids is 2. The predicted molar refractivity (Wildman–Crippen MR) is 81.9 cm³/mol. The van der Waals surface area contributed by atoms with Gasteiger partial charge in [0.1, 0.15) is 11.3 Å². The van der Waals surface area contributed by atoms with E-state index in [9.17, 15) is 14.7 Å². The number of ether oxygens (including phenoxy) is 1. The Hall–Kier alpha value is -2.67. The molecule has 22 heavy (non-hydrogen) atoms. The topological polar surface area (TPSA) is 110 Å². The van der Waals surface area contributed by atoms with E-state index in [4.69, 9.17) is 15.6 Å².